The second-order valence-electron chi connectivity index (χ2n) is 4.53. The van der Waals surface area contributed by atoms with Crippen LogP contribution in [-0.4, -0.2) is 30.8 Å². The van der Waals surface area contributed by atoms with E-state index >= 15 is 0 Å². The Morgan fingerprint density at radius 1 is 1.56 bits per heavy atom. The molecule has 96 valence electrons. The van der Waals surface area contributed by atoms with Crippen molar-refractivity contribution in [3.8, 4) is 0 Å². The summed E-state index contributed by atoms with van der Waals surface area (Å²) in [5.74, 6) is 0. The summed E-state index contributed by atoms with van der Waals surface area (Å²) in [7, 11) is 0. The van der Waals surface area contributed by atoms with Crippen LogP contribution in [0.25, 0.3) is 10.2 Å². The Morgan fingerprint density at radius 2 is 2.44 bits per heavy atom. The van der Waals surface area contributed by atoms with Crippen molar-refractivity contribution in [2.45, 2.75) is 19.4 Å². The summed E-state index contributed by atoms with van der Waals surface area (Å²) >= 11 is 1.63. The van der Waals surface area contributed by atoms with Crippen molar-refractivity contribution < 1.29 is 4.74 Å². The van der Waals surface area contributed by atoms with Gasteiger partial charge in [-0.1, -0.05) is 6.92 Å². The summed E-state index contributed by atoms with van der Waals surface area (Å²) in [6, 6.07) is 4.64. The number of anilines is 2. The molecule has 0 radical (unpaired) electrons. The molecule has 2 N–H and O–H groups in total. The van der Waals surface area contributed by atoms with Crippen molar-refractivity contribution in [2.24, 2.45) is 0 Å². The van der Waals surface area contributed by atoms with Gasteiger partial charge in [-0.05, 0) is 18.6 Å². The standard InChI is InChI=1S/C13H17N3OS/c1-2-9-7-17-6-5-16(9)10-3-4-11-13(12(10)14)15-8-18-11/h3-4,8-9H,2,5-7,14H2,1H3. The van der Waals surface area contributed by atoms with E-state index in [2.05, 4.69) is 28.9 Å². The third-order valence-corrected chi connectivity index (χ3v) is 4.32. The van der Waals surface area contributed by atoms with Crippen molar-refractivity contribution >= 4 is 32.9 Å². The quantitative estimate of drug-likeness (QED) is 0.846. The average molecular weight is 263 g/mol. The topological polar surface area (TPSA) is 51.4 Å². The van der Waals surface area contributed by atoms with E-state index in [0.717, 1.165) is 47.8 Å². The van der Waals surface area contributed by atoms with Gasteiger partial charge in [0.2, 0.25) is 0 Å². The van der Waals surface area contributed by atoms with Gasteiger partial charge in [0.15, 0.2) is 0 Å². The van der Waals surface area contributed by atoms with E-state index in [1.807, 2.05) is 5.51 Å². The lowest BCUT2D eigenvalue weighted by Gasteiger charge is -2.37. The number of morpholine rings is 1. The minimum Gasteiger partial charge on any atom is -0.395 e. The van der Waals surface area contributed by atoms with Crippen molar-refractivity contribution in [2.75, 3.05) is 30.4 Å². The van der Waals surface area contributed by atoms with Crippen molar-refractivity contribution in [1.82, 2.24) is 4.98 Å². The van der Waals surface area contributed by atoms with Crippen LogP contribution in [0.2, 0.25) is 0 Å². The Hall–Kier alpha value is -1.33. The second kappa shape index (κ2) is 4.74. The first-order chi connectivity index (χ1) is 8.81. The maximum atomic E-state index is 6.27. The van der Waals surface area contributed by atoms with Crippen LogP contribution in [0.1, 0.15) is 13.3 Å². The molecule has 1 saturated heterocycles. The Bertz CT molecular complexity index is 554. The van der Waals surface area contributed by atoms with E-state index < -0.39 is 0 Å². The zero-order valence-electron chi connectivity index (χ0n) is 10.4. The molecule has 1 aromatic carbocycles. The van der Waals surface area contributed by atoms with E-state index in [9.17, 15) is 0 Å². The van der Waals surface area contributed by atoms with E-state index in [4.69, 9.17) is 10.5 Å². The lowest BCUT2D eigenvalue weighted by Crippen LogP contribution is -2.45. The first-order valence-corrected chi connectivity index (χ1v) is 7.15. The fraction of sp³-hybridized carbons (Fsp3) is 0.462. The molecule has 18 heavy (non-hydrogen) atoms. The Balaban J connectivity index is 2.04. The van der Waals surface area contributed by atoms with Crippen LogP contribution < -0.4 is 10.6 Å². The molecule has 0 bridgehead atoms. The maximum Gasteiger partial charge on any atom is 0.106 e. The molecule has 0 spiro atoms. The van der Waals surface area contributed by atoms with Crippen LogP contribution in [0.3, 0.4) is 0 Å². The van der Waals surface area contributed by atoms with Gasteiger partial charge in [-0.25, -0.2) is 4.98 Å². The summed E-state index contributed by atoms with van der Waals surface area (Å²) in [6.07, 6.45) is 1.06. The van der Waals surface area contributed by atoms with Gasteiger partial charge < -0.3 is 15.4 Å². The fourth-order valence-corrected chi connectivity index (χ4v) is 3.19. The molecule has 0 aliphatic carbocycles. The van der Waals surface area contributed by atoms with Gasteiger partial charge in [0.1, 0.15) is 5.52 Å². The zero-order valence-corrected chi connectivity index (χ0v) is 11.2. The summed E-state index contributed by atoms with van der Waals surface area (Å²) in [6.45, 7) is 4.64. The third kappa shape index (κ3) is 1.83. The van der Waals surface area contributed by atoms with Gasteiger partial charge in [-0.3, -0.25) is 0 Å². The van der Waals surface area contributed by atoms with E-state index in [-0.39, 0.29) is 0 Å². The summed E-state index contributed by atoms with van der Waals surface area (Å²) in [5.41, 5.74) is 11.0. The first-order valence-electron chi connectivity index (χ1n) is 6.27. The van der Waals surface area contributed by atoms with Gasteiger partial charge in [0, 0.05) is 6.54 Å². The summed E-state index contributed by atoms with van der Waals surface area (Å²) in [4.78, 5) is 6.72. The highest BCUT2D eigenvalue weighted by atomic mass is 32.1. The molecular formula is C13H17N3OS. The van der Waals surface area contributed by atoms with Crippen LogP contribution in [-0.2, 0) is 4.74 Å². The number of nitrogen functional groups attached to an aromatic ring is 1. The van der Waals surface area contributed by atoms with Crippen LogP contribution in [0.5, 0.6) is 0 Å². The van der Waals surface area contributed by atoms with Gasteiger partial charge in [0.05, 0.1) is 40.8 Å². The van der Waals surface area contributed by atoms with E-state index in [0.29, 0.717) is 6.04 Å². The van der Waals surface area contributed by atoms with E-state index in [1.165, 1.54) is 0 Å². The molecule has 1 aliphatic heterocycles. The molecule has 1 atom stereocenters. The highest BCUT2D eigenvalue weighted by molar-refractivity contribution is 7.16. The van der Waals surface area contributed by atoms with Gasteiger partial charge in [-0.2, -0.15) is 0 Å². The van der Waals surface area contributed by atoms with Crippen LogP contribution in [0.15, 0.2) is 17.6 Å². The normalized spacial score (nSPS) is 20.5. The number of nitrogens with two attached hydrogens (primary N) is 1. The number of rotatable bonds is 2. The fourth-order valence-electron chi connectivity index (χ4n) is 2.50. The molecule has 3 rings (SSSR count). The summed E-state index contributed by atoms with van der Waals surface area (Å²) in [5, 5.41) is 0. The molecule has 1 aromatic heterocycles. The van der Waals surface area contributed by atoms with Crippen molar-refractivity contribution in [3.63, 3.8) is 0 Å². The van der Waals surface area contributed by atoms with Crippen molar-refractivity contribution in [3.05, 3.63) is 17.6 Å². The Labute approximate surface area is 110 Å². The van der Waals surface area contributed by atoms with E-state index in [1.54, 1.807) is 11.3 Å². The maximum absolute atomic E-state index is 6.27. The van der Waals surface area contributed by atoms with Crippen LogP contribution in [0.4, 0.5) is 11.4 Å². The molecule has 0 saturated carbocycles. The number of benzene rings is 1. The van der Waals surface area contributed by atoms with Crippen LogP contribution >= 0.6 is 11.3 Å². The van der Waals surface area contributed by atoms with Gasteiger partial charge in [0.25, 0.3) is 0 Å². The zero-order chi connectivity index (χ0) is 12.5. The monoisotopic (exact) mass is 263 g/mol. The molecule has 1 fully saturated rings. The molecule has 5 heteroatoms. The van der Waals surface area contributed by atoms with Crippen molar-refractivity contribution in [1.29, 1.82) is 0 Å². The number of nitrogens with zero attached hydrogens (tertiary/aromatic N) is 2. The van der Waals surface area contributed by atoms with Gasteiger partial charge >= 0.3 is 0 Å². The summed E-state index contributed by atoms with van der Waals surface area (Å²) < 4.78 is 6.69. The second-order valence-corrected chi connectivity index (χ2v) is 5.41. The lowest BCUT2D eigenvalue weighted by atomic mass is 10.1. The number of fused-ring (bicyclic) bond motifs is 1. The van der Waals surface area contributed by atoms with Gasteiger partial charge in [-0.15, -0.1) is 11.3 Å². The average Bonchev–Trinajstić information content (AvgIpc) is 2.88. The highest BCUT2D eigenvalue weighted by Crippen LogP contribution is 2.34. The number of aromatic nitrogens is 1. The number of hydrogen-bond acceptors (Lipinski definition) is 5. The predicted octanol–water partition coefficient (Wildman–Crippen LogP) is 2.49. The first kappa shape index (κ1) is 11.7. The molecule has 0 amide bonds. The molecule has 1 unspecified atom stereocenters. The smallest absolute Gasteiger partial charge is 0.106 e. The molecule has 2 aromatic rings. The Kier molecular flexibility index (Phi) is 3.09. The Morgan fingerprint density at radius 3 is 3.28 bits per heavy atom. The highest BCUT2D eigenvalue weighted by Gasteiger charge is 2.24. The minimum atomic E-state index is 0.414. The molecular weight excluding hydrogens is 246 g/mol. The molecule has 4 nitrogen and oxygen atoms in total. The largest absolute Gasteiger partial charge is 0.395 e. The molecule has 2 heterocycles. The lowest BCUT2D eigenvalue weighted by molar-refractivity contribution is 0.0931. The number of thiazole rings is 1. The number of ether oxygens (including phenoxy) is 1. The third-order valence-electron chi connectivity index (χ3n) is 3.53. The van der Waals surface area contributed by atoms with Crippen LogP contribution in [0, 0.1) is 0 Å². The predicted molar refractivity (Wildman–Crippen MR) is 76.3 cm³/mol. The SMILES string of the molecule is CCC1COCCN1c1ccc2scnc2c1N. The number of hydrogen-bond donors (Lipinski definition) is 1. The minimum absolute atomic E-state index is 0.414. The molecule has 1 aliphatic rings.